The Labute approximate surface area is 151 Å². The van der Waals surface area contributed by atoms with E-state index in [1.807, 2.05) is 69.6 Å². The van der Waals surface area contributed by atoms with Crippen molar-refractivity contribution < 1.29 is 4.79 Å². The smallest absolute Gasteiger partial charge is 0.276 e. The highest BCUT2D eigenvalue weighted by atomic mass is 32.1. The van der Waals surface area contributed by atoms with Gasteiger partial charge in [0.1, 0.15) is 16.5 Å². The molecule has 0 fully saturated rings. The zero-order chi connectivity index (χ0) is 18.2. The highest BCUT2D eigenvalue weighted by Crippen LogP contribution is 2.25. The monoisotopic (exact) mass is 354 g/mol. The molecule has 1 N–H and O–H groups in total. The van der Waals surface area contributed by atoms with Gasteiger partial charge in [0.25, 0.3) is 5.91 Å². The van der Waals surface area contributed by atoms with Crippen LogP contribution in [0.15, 0.2) is 35.7 Å². The highest BCUT2D eigenvalue weighted by Gasteiger charge is 2.21. The Kier molecular flexibility index (Phi) is 4.47. The lowest BCUT2D eigenvalue weighted by Gasteiger charge is -2.22. The Morgan fingerprint density at radius 3 is 2.48 bits per heavy atom. The molecule has 0 saturated carbocycles. The van der Waals surface area contributed by atoms with Crippen LogP contribution in [0.2, 0.25) is 0 Å². The fourth-order valence-electron chi connectivity index (χ4n) is 2.49. The molecule has 0 saturated heterocycles. The van der Waals surface area contributed by atoms with E-state index in [0.29, 0.717) is 11.5 Å². The fourth-order valence-corrected chi connectivity index (χ4v) is 3.29. The van der Waals surface area contributed by atoms with Gasteiger partial charge in [-0.3, -0.25) is 4.79 Å². The van der Waals surface area contributed by atoms with Gasteiger partial charge in [0.05, 0.1) is 11.2 Å². The number of carbonyl (C=O) groups excluding carboxylic acids is 1. The Bertz CT molecular complexity index is 900. The number of hydrogen-bond acceptors (Lipinski definition) is 4. The molecule has 0 aliphatic heterocycles. The second kappa shape index (κ2) is 6.44. The van der Waals surface area contributed by atoms with Crippen molar-refractivity contribution >= 4 is 23.1 Å². The number of rotatable bonds is 3. The van der Waals surface area contributed by atoms with Crippen LogP contribution >= 0.6 is 11.3 Å². The number of nitrogens with zero attached hydrogens (tertiary/aromatic N) is 3. The molecule has 2 heterocycles. The van der Waals surface area contributed by atoms with Gasteiger partial charge in [-0.1, -0.05) is 29.8 Å². The van der Waals surface area contributed by atoms with E-state index in [0.717, 1.165) is 16.3 Å². The molecule has 0 atom stereocenters. The molecule has 1 aromatic carbocycles. The van der Waals surface area contributed by atoms with Gasteiger partial charge in [-0.05, 0) is 34.6 Å². The average molecular weight is 354 g/mol. The van der Waals surface area contributed by atoms with Gasteiger partial charge in [-0.2, -0.15) is 5.10 Å². The second-order valence-electron chi connectivity index (χ2n) is 7.11. The molecular weight excluding hydrogens is 332 g/mol. The van der Waals surface area contributed by atoms with E-state index in [1.54, 1.807) is 5.38 Å². The minimum atomic E-state index is -0.222. The summed E-state index contributed by atoms with van der Waals surface area (Å²) >= 11 is 1.47. The standard InChI is InChI=1S/C19H22N4OS/c1-12-6-8-14(9-7-12)18-20-15(11-25-18)17(24)21-16-10-13(2)22-23(16)19(3,4)5/h6-11H,1-5H3,(H,21,24). The van der Waals surface area contributed by atoms with Crippen LogP contribution in [0.4, 0.5) is 5.82 Å². The summed E-state index contributed by atoms with van der Waals surface area (Å²) in [6.07, 6.45) is 0. The van der Waals surface area contributed by atoms with Gasteiger partial charge in [-0.15, -0.1) is 11.3 Å². The minimum Gasteiger partial charge on any atom is -0.305 e. The van der Waals surface area contributed by atoms with Crippen molar-refractivity contribution in [3.8, 4) is 10.6 Å². The van der Waals surface area contributed by atoms with E-state index in [2.05, 4.69) is 15.4 Å². The number of hydrogen-bond donors (Lipinski definition) is 1. The summed E-state index contributed by atoms with van der Waals surface area (Å²) in [6, 6.07) is 10.0. The van der Waals surface area contributed by atoms with E-state index in [-0.39, 0.29) is 11.4 Å². The van der Waals surface area contributed by atoms with Crippen LogP contribution < -0.4 is 5.32 Å². The molecule has 130 valence electrons. The number of amides is 1. The molecule has 2 aromatic heterocycles. The first kappa shape index (κ1) is 17.4. The van der Waals surface area contributed by atoms with Crippen LogP contribution in [-0.2, 0) is 5.54 Å². The maximum Gasteiger partial charge on any atom is 0.276 e. The first-order valence-corrected chi connectivity index (χ1v) is 9.03. The number of nitrogens with one attached hydrogen (secondary N) is 1. The number of aromatic nitrogens is 3. The molecule has 3 aromatic rings. The Morgan fingerprint density at radius 2 is 1.84 bits per heavy atom. The Balaban J connectivity index is 1.82. The van der Waals surface area contributed by atoms with Crippen molar-refractivity contribution in [2.24, 2.45) is 0 Å². The van der Waals surface area contributed by atoms with E-state index in [4.69, 9.17) is 0 Å². The second-order valence-corrected chi connectivity index (χ2v) is 7.97. The lowest BCUT2D eigenvalue weighted by molar-refractivity contribution is 0.102. The number of benzene rings is 1. The summed E-state index contributed by atoms with van der Waals surface area (Å²) in [5.74, 6) is 0.458. The summed E-state index contributed by atoms with van der Waals surface area (Å²) in [5.41, 5.74) is 3.28. The zero-order valence-electron chi connectivity index (χ0n) is 15.1. The molecule has 0 radical (unpaired) electrons. The number of aryl methyl sites for hydroxylation is 2. The first-order valence-electron chi connectivity index (χ1n) is 8.15. The van der Waals surface area contributed by atoms with Crippen molar-refractivity contribution in [3.05, 3.63) is 52.7 Å². The lowest BCUT2D eigenvalue weighted by atomic mass is 10.1. The van der Waals surface area contributed by atoms with E-state index >= 15 is 0 Å². The number of anilines is 1. The fraction of sp³-hybridized carbons (Fsp3) is 0.316. The SMILES string of the molecule is Cc1ccc(-c2nc(C(=O)Nc3cc(C)nn3C(C)(C)C)cs2)cc1. The number of carbonyl (C=O) groups is 1. The average Bonchev–Trinajstić information content (AvgIpc) is 3.14. The van der Waals surface area contributed by atoms with Gasteiger partial charge in [-0.25, -0.2) is 9.67 Å². The van der Waals surface area contributed by atoms with Crippen molar-refractivity contribution in [2.75, 3.05) is 5.32 Å². The van der Waals surface area contributed by atoms with E-state index in [1.165, 1.54) is 16.9 Å². The molecule has 6 heteroatoms. The molecule has 5 nitrogen and oxygen atoms in total. The van der Waals surface area contributed by atoms with E-state index in [9.17, 15) is 4.79 Å². The van der Waals surface area contributed by atoms with Gasteiger partial charge in [0, 0.05) is 17.0 Å². The summed E-state index contributed by atoms with van der Waals surface area (Å²) in [6.45, 7) is 10.1. The predicted octanol–water partition coefficient (Wildman–Crippen LogP) is 4.63. The van der Waals surface area contributed by atoms with Crippen LogP contribution in [-0.4, -0.2) is 20.7 Å². The molecule has 1 amide bonds. The Hall–Kier alpha value is -2.47. The molecule has 25 heavy (non-hydrogen) atoms. The van der Waals surface area contributed by atoms with Crippen molar-refractivity contribution in [1.29, 1.82) is 0 Å². The largest absolute Gasteiger partial charge is 0.305 e. The molecule has 0 spiro atoms. The summed E-state index contributed by atoms with van der Waals surface area (Å²) in [5, 5.41) is 10.0. The predicted molar refractivity (Wildman–Crippen MR) is 102 cm³/mol. The lowest BCUT2D eigenvalue weighted by Crippen LogP contribution is -2.26. The molecule has 0 aliphatic rings. The quantitative estimate of drug-likeness (QED) is 0.746. The molecule has 0 bridgehead atoms. The van der Waals surface area contributed by atoms with Crippen LogP contribution in [0.25, 0.3) is 10.6 Å². The first-order chi connectivity index (χ1) is 11.7. The maximum atomic E-state index is 12.6. The summed E-state index contributed by atoms with van der Waals surface area (Å²) < 4.78 is 1.83. The van der Waals surface area contributed by atoms with Crippen LogP contribution in [0.1, 0.15) is 42.5 Å². The van der Waals surface area contributed by atoms with Crippen molar-refractivity contribution in [1.82, 2.24) is 14.8 Å². The van der Waals surface area contributed by atoms with E-state index < -0.39 is 0 Å². The Morgan fingerprint density at radius 1 is 1.16 bits per heavy atom. The number of thiazole rings is 1. The summed E-state index contributed by atoms with van der Waals surface area (Å²) in [7, 11) is 0. The minimum absolute atomic E-state index is 0.216. The zero-order valence-corrected chi connectivity index (χ0v) is 15.9. The summed E-state index contributed by atoms with van der Waals surface area (Å²) in [4.78, 5) is 17.1. The van der Waals surface area contributed by atoms with Gasteiger partial charge >= 0.3 is 0 Å². The van der Waals surface area contributed by atoms with Crippen LogP contribution in [0.3, 0.4) is 0 Å². The molecule has 0 unspecified atom stereocenters. The highest BCUT2D eigenvalue weighted by molar-refractivity contribution is 7.13. The van der Waals surface area contributed by atoms with Gasteiger partial charge in [0.2, 0.25) is 0 Å². The van der Waals surface area contributed by atoms with Gasteiger partial charge in [0.15, 0.2) is 0 Å². The normalized spacial score (nSPS) is 11.6. The molecule has 3 rings (SSSR count). The van der Waals surface area contributed by atoms with Crippen LogP contribution in [0.5, 0.6) is 0 Å². The van der Waals surface area contributed by atoms with Crippen molar-refractivity contribution in [3.63, 3.8) is 0 Å². The third kappa shape index (κ3) is 3.79. The topological polar surface area (TPSA) is 59.8 Å². The maximum absolute atomic E-state index is 12.6. The molecule has 0 aliphatic carbocycles. The van der Waals surface area contributed by atoms with Crippen LogP contribution in [0, 0.1) is 13.8 Å². The van der Waals surface area contributed by atoms with Crippen molar-refractivity contribution in [2.45, 2.75) is 40.2 Å². The molecular formula is C19H22N4OS. The van der Waals surface area contributed by atoms with Gasteiger partial charge < -0.3 is 5.32 Å². The third-order valence-electron chi connectivity index (χ3n) is 3.74. The third-order valence-corrected chi connectivity index (χ3v) is 4.64.